The summed E-state index contributed by atoms with van der Waals surface area (Å²) >= 11 is 0. The normalized spacial score (nSPS) is 25.5. The summed E-state index contributed by atoms with van der Waals surface area (Å²) in [5.41, 5.74) is 0. The van der Waals surface area contributed by atoms with E-state index in [-0.39, 0.29) is 0 Å². The molecule has 0 fully saturated rings. The summed E-state index contributed by atoms with van der Waals surface area (Å²) in [5.74, 6) is -0.0846. The summed E-state index contributed by atoms with van der Waals surface area (Å²) in [4.78, 5) is 16.4. The van der Waals surface area contributed by atoms with E-state index in [1.807, 2.05) is 12.2 Å². The van der Waals surface area contributed by atoms with Crippen molar-refractivity contribution in [3.8, 4) is 0 Å². The minimum absolute atomic E-state index is 0.347. The van der Waals surface area contributed by atoms with E-state index in [4.69, 9.17) is 5.11 Å². The molecule has 0 spiro atoms. The van der Waals surface area contributed by atoms with E-state index in [1.165, 1.54) is 0 Å². The van der Waals surface area contributed by atoms with Crippen LogP contribution in [0.1, 0.15) is 0 Å². The van der Waals surface area contributed by atoms with Crippen LogP contribution in [0.4, 0.5) is 0 Å². The topological polar surface area (TPSA) is 52.9 Å². The van der Waals surface area contributed by atoms with Crippen LogP contribution in [0.3, 0.4) is 0 Å². The lowest BCUT2D eigenvalue weighted by Gasteiger charge is -2.20. The first-order valence-electron chi connectivity index (χ1n) is 3.69. The Bertz CT molecular complexity index is 304. The second-order valence-electron chi connectivity index (χ2n) is 2.66. The lowest BCUT2D eigenvalue weighted by atomic mass is 10.2. The number of aliphatic carboxylic acids is 1. The molecule has 0 aromatic carbocycles. The summed E-state index contributed by atoms with van der Waals surface area (Å²) in [6.45, 7) is 0.347. The Labute approximate surface area is 69.5 Å². The fraction of sp³-hybridized carbons (Fsp3) is 0.250. The Morgan fingerprint density at radius 3 is 3.25 bits per heavy atom. The third kappa shape index (κ3) is 0.922. The molecule has 0 saturated heterocycles. The maximum atomic E-state index is 10.7. The quantitative estimate of drug-likeness (QED) is 0.603. The van der Waals surface area contributed by atoms with Crippen LogP contribution in [-0.2, 0) is 4.79 Å². The molecule has 1 N–H and O–H groups in total. The Morgan fingerprint density at radius 2 is 2.50 bits per heavy atom. The molecule has 2 aliphatic rings. The number of hydrogen-bond donors (Lipinski definition) is 1. The van der Waals surface area contributed by atoms with Crippen molar-refractivity contribution in [1.82, 2.24) is 4.90 Å². The maximum absolute atomic E-state index is 10.7. The van der Waals surface area contributed by atoms with E-state index in [0.29, 0.717) is 6.54 Å². The fourth-order valence-corrected chi connectivity index (χ4v) is 1.31. The lowest BCUT2D eigenvalue weighted by Crippen LogP contribution is -2.38. The van der Waals surface area contributed by atoms with Gasteiger partial charge in [-0.2, -0.15) is 0 Å². The van der Waals surface area contributed by atoms with Crippen LogP contribution in [-0.4, -0.2) is 34.4 Å². The minimum Gasteiger partial charge on any atom is -0.480 e. The van der Waals surface area contributed by atoms with E-state index in [0.717, 1.165) is 5.84 Å². The van der Waals surface area contributed by atoms with Crippen molar-refractivity contribution >= 4 is 11.8 Å². The number of carboxylic acid groups (broad SMARTS) is 1. The summed E-state index contributed by atoms with van der Waals surface area (Å²) in [5, 5.41) is 8.78. The number of rotatable bonds is 1. The number of aliphatic imine (C=N–C) groups is 1. The second kappa shape index (κ2) is 2.48. The van der Waals surface area contributed by atoms with Gasteiger partial charge in [-0.3, -0.25) is 4.99 Å². The van der Waals surface area contributed by atoms with E-state index in [1.54, 1.807) is 17.2 Å². The van der Waals surface area contributed by atoms with E-state index >= 15 is 0 Å². The summed E-state index contributed by atoms with van der Waals surface area (Å²) < 4.78 is 0. The average Bonchev–Trinajstić information content (AvgIpc) is 2.47. The van der Waals surface area contributed by atoms with E-state index in [9.17, 15) is 4.79 Å². The highest BCUT2D eigenvalue weighted by Gasteiger charge is 2.30. The van der Waals surface area contributed by atoms with Crippen molar-refractivity contribution in [2.75, 3.05) is 6.54 Å². The third-order valence-electron chi connectivity index (χ3n) is 1.91. The number of amidine groups is 1. The van der Waals surface area contributed by atoms with E-state index < -0.39 is 12.0 Å². The Kier molecular flexibility index (Phi) is 1.46. The number of hydrogen-bond acceptors (Lipinski definition) is 3. The standard InChI is InChI=1S/C8H8N2O2/c11-8(12)6-5-9-7-3-1-2-4-10(6)7/h1-4,6H,5H2,(H,11,12)/t6-/m1/s1. The van der Waals surface area contributed by atoms with Gasteiger partial charge in [-0.1, -0.05) is 6.08 Å². The molecule has 0 bridgehead atoms. The molecular formula is C8H8N2O2. The van der Waals surface area contributed by atoms with Gasteiger partial charge in [0, 0.05) is 6.20 Å². The zero-order chi connectivity index (χ0) is 8.55. The van der Waals surface area contributed by atoms with Gasteiger partial charge < -0.3 is 10.0 Å². The number of fused-ring (bicyclic) bond motifs is 1. The van der Waals surface area contributed by atoms with Crippen LogP contribution in [0.5, 0.6) is 0 Å². The minimum atomic E-state index is -0.825. The fourth-order valence-electron chi connectivity index (χ4n) is 1.31. The van der Waals surface area contributed by atoms with Crippen LogP contribution in [0.2, 0.25) is 0 Å². The highest BCUT2D eigenvalue weighted by atomic mass is 16.4. The Morgan fingerprint density at radius 1 is 1.67 bits per heavy atom. The third-order valence-corrected chi connectivity index (χ3v) is 1.91. The average molecular weight is 164 g/mol. The van der Waals surface area contributed by atoms with Crippen molar-refractivity contribution in [3.63, 3.8) is 0 Å². The predicted molar refractivity (Wildman–Crippen MR) is 43.8 cm³/mol. The molecule has 12 heavy (non-hydrogen) atoms. The maximum Gasteiger partial charge on any atom is 0.328 e. The zero-order valence-electron chi connectivity index (χ0n) is 6.34. The predicted octanol–water partition coefficient (Wildman–Crippen LogP) is 0.237. The number of carboxylic acids is 1. The number of allylic oxidation sites excluding steroid dienone is 2. The molecule has 0 unspecified atom stereocenters. The van der Waals surface area contributed by atoms with Crippen molar-refractivity contribution in [3.05, 3.63) is 24.4 Å². The molecule has 62 valence electrons. The number of nitrogens with zero attached hydrogens (tertiary/aromatic N) is 2. The molecule has 0 amide bonds. The van der Waals surface area contributed by atoms with E-state index in [2.05, 4.69) is 4.99 Å². The molecule has 2 rings (SSSR count). The monoisotopic (exact) mass is 164 g/mol. The highest BCUT2D eigenvalue weighted by Crippen LogP contribution is 2.15. The van der Waals surface area contributed by atoms with Crippen LogP contribution in [0.25, 0.3) is 0 Å². The second-order valence-corrected chi connectivity index (χ2v) is 2.66. The SMILES string of the molecule is O=C(O)[C@H]1CN=C2C=CC=CN21. The first-order chi connectivity index (χ1) is 5.79. The summed E-state index contributed by atoms with van der Waals surface area (Å²) in [7, 11) is 0. The van der Waals surface area contributed by atoms with Gasteiger partial charge in [0.15, 0.2) is 6.04 Å². The molecular weight excluding hydrogens is 156 g/mol. The molecule has 4 nitrogen and oxygen atoms in total. The molecule has 1 atom stereocenters. The summed E-state index contributed by atoms with van der Waals surface area (Å²) in [6.07, 6.45) is 7.20. The smallest absolute Gasteiger partial charge is 0.328 e. The van der Waals surface area contributed by atoms with Crippen molar-refractivity contribution in [2.24, 2.45) is 4.99 Å². The van der Waals surface area contributed by atoms with Crippen LogP contribution >= 0.6 is 0 Å². The van der Waals surface area contributed by atoms with Crippen LogP contribution in [0.15, 0.2) is 29.4 Å². The van der Waals surface area contributed by atoms with Gasteiger partial charge in [0.05, 0.1) is 6.54 Å². The molecule has 4 heteroatoms. The molecule has 2 aliphatic heterocycles. The summed E-state index contributed by atoms with van der Waals surface area (Å²) in [6, 6.07) is -0.513. The van der Waals surface area contributed by atoms with Gasteiger partial charge in [0.1, 0.15) is 5.84 Å². The van der Waals surface area contributed by atoms with Crippen LogP contribution < -0.4 is 0 Å². The molecule has 0 aromatic rings. The van der Waals surface area contributed by atoms with Crippen molar-refractivity contribution < 1.29 is 9.90 Å². The van der Waals surface area contributed by atoms with Gasteiger partial charge >= 0.3 is 5.97 Å². The Hall–Kier alpha value is -1.58. The first kappa shape index (κ1) is 7.09. The largest absolute Gasteiger partial charge is 0.480 e. The molecule has 0 aliphatic carbocycles. The van der Waals surface area contributed by atoms with Crippen molar-refractivity contribution in [2.45, 2.75) is 6.04 Å². The lowest BCUT2D eigenvalue weighted by molar-refractivity contribution is -0.140. The van der Waals surface area contributed by atoms with Crippen molar-refractivity contribution in [1.29, 1.82) is 0 Å². The van der Waals surface area contributed by atoms with Gasteiger partial charge in [-0.25, -0.2) is 4.79 Å². The highest BCUT2D eigenvalue weighted by molar-refractivity contribution is 5.99. The Balaban J connectivity index is 2.25. The number of carbonyl (C=O) groups is 1. The molecule has 2 heterocycles. The van der Waals surface area contributed by atoms with Gasteiger partial charge in [0.2, 0.25) is 0 Å². The molecule has 0 saturated carbocycles. The molecule has 0 aromatic heterocycles. The van der Waals surface area contributed by atoms with Gasteiger partial charge in [-0.05, 0) is 12.2 Å². The first-order valence-corrected chi connectivity index (χ1v) is 3.69. The van der Waals surface area contributed by atoms with Gasteiger partial charge in [0.25, 0.3) is 0 Å². The van der Waals surface area contributed by atoms with Gasteiger partial charge in [-0.15, -0.1) is 0 Å². The zero-order valence-corrected chi connectivity index (χ0v) is 6.34. The van der Waals surface area contributed by atoms with Crippen LogP contribution in [0, 0.1) is 0 Å². The molecule has 0 radical (unpaired) electrons.